The van der Waals surface area contributed by atoms with Crippen molar-refractivity contribution in [1.82, 2.24) is 9.78 Å². The van der Waals surface area contributed by atoms with Crippen molar-refractivity contribution < 1.29 is 9.84 Å². The van der Waals surface area contributed by atoms with Gasteiger partial charge in [0.15, 0.2) is 5.75 Å². The van der Waals surface area contributed by atoms with Crippen molar-refractivity contribution in [1.29, 1.82) is 0 Å². The first kappa shape index (κ1) is 10.1. The van der Waals surface area contributed by atoms with Crippen LogP contribution < -0.4 is 4.74 Å². The van der Waals surface area contributed by atoms with Crippen LogP contribution in [-0.2, 0) is 7.05 Å². The van der Waals surface area contributed by atoms with Crippen LogP contribution in [0.15, 0.2) is 0 Å². The fourth-order valence-electron chi connectivity index (χ4n) is 1.17. The summed E-state index contributed by atoms with van der Waals surface area (Å²) in [5, 5.41) is 13.2. The highest BCUT2D eigenvalue weighted by Crippen LogP contribution is 2.21. The Kier molecular flexibility index (Phi) is 2.93. The predicted octanol–water partition coefficient (Wildman–Crippen LogP) is 0.797. The standard InChI is InChI=1S/C9H16N2O2/c1-6(12)5-13-9-7(2)10-11(4)8(9)3/h6,12H,5H2,1-4H3/t6-/m0/s1. The van der Waals surface area contributed by atoms with E-state index in [0.717, 1.165) is 17.1 Å². The summed E-state index contributed by atoms with van der Waals surface area (Å²) in [6.45, 7) is 5.84. The molecule has 74 valence electrons. The lowest BCUT2D eigenvalue weighted by molar-refractivity contribution is 0.122. The molecule has 0 aliphatic heterocycles. The molecule has 0 unspecified atom stereocenters. The van der Waals surface area contributed by atoms with Crippen molar-refractivity contribution in [3.8, 4) is 5.75 Å². The molecular weight excluding hydrogens is 168 g/mol. The minimum absolute atomic E-state index is 0.313. The minimum Gasteiger partial charge on any atom is -0.487 e. The molecule has 0 aliphatic carbocycles. The molecule has 0 spiro atoms. The lowest BCUT2D eigenvalue weighted by Crippen LogP contribution is -2.13. The smallest absolute Gasteiger partial charge is 0.163 e. The summed E-state index contributed by atoms with van der Waals surface area (Å²) < 4.78 is 7.19. The zero-order valence-corrected chi connectivity index (χ0v) is 8.53. The van der Waals surface area contributed by atoms with Gasteiger partial charge >= 0.3 is 0 Å². The molecule has 1 aromatic rings. The number of hydrogen-bond donors (Lipinski definition) is 1. The number of aliphatic hydroxyl groups excluding tert-OH is 1. The summed E-state index contributed by atoms with van der Waals surface area (Å²) in [7, 11) is 1.87. The van der Waals surface area contributed by atoms with Crippen molar-refractivity contribution >= 4 is 0 Å². The Balaban J connectivity index is 2.76. The Hall–Kier alpha value is -1.03. The van der Waals surface area contributed by atoms with Crippen LogP contribution in [0.1, 0.15) is 18.3 Å². The molecule has 0 saturated heterocycles. The zero-order valence-electron chi connectivity index (χ0n) is 8.53. The maximum Gasteiger partial charge on any atom is 0.163 e. The van der Waals surface area contributed by atoms with Gasteiger partial charge in [0.25, 0.3) is 0 Å². The molecule has 0 aliphatic rings. The Morgan fingerprint density at radius 2 is 2.15 bits per heavy atom. The molecule has 0 amide bonds. The maximum absolute atomic E-state index is 9.05. The van der Waals surface area contributed by atoms with Crippen LogP contribution >= 0.6 is 0 Å². The van der Waals surface area contributed by atoms with Crippen LogP contribution in [0.5, 0.6) is 5.75 Å². The highest BCUT2D eigenvalue weighted by atomic mass is 16.5. The topological polar surface area (TPSA) is 47.3 Å². The lowest BCUT2D eigenvalue weighted by atomic mass is 10.3. The second-order valence-corrected chi connectivity index (χ2v) is 3.28. The number of nitrogens with zero attached hydrogens (tertiary/aromatic N) is 2. The van der Waals surface area contributed by atoms with Gasteiger partial charge in [-0.05, 0) is 20.8 Å². The Morgan fingerprint density at radius 1 is 1.54 bits per heavy atom. The van der Waals surface area contributed by atoms with Gasteiger partial charge in [-0.1, -0.05) is 0 Å². The van der Waals surface area contributed by atoms with Gasteiger partial charge in [0, 0.05) is 7.05 Å². The first-order valence-electron chi connectivity index (χ1n) is 4.33. The molecule has 0 fully saturated rings. The summed E-state index contributed by atoms with van der Waals surface area (Å²) in [6, 6.07) is 0. The van der Waals surface area contributed by atoms with Crippen LogP contribution in [0.3, 0.4) is 0 Å². The number of aliphatic hydroxyl groups is 1. The Bertz CT molecular complexity index is 292. The number of rotatable bonds is 3. The van der Waals surface area contributed by atoms with Crippen molar-refractivity contribution in [3.63, 3.8) is 0 Å². The monoisotopic (exact) mass is 184 g/mol. The van der Waals surface area contributed by atoms with Gasteiger partial charge in [0.05, 0.1) is 11.8 Å². The van der Waals surface area contributed by atoms with E-state index in [1.54, 1.807) is 11.6 Å². The average molecular weight is 184 g/mol. The van der Waals surface area contributed by atoms with Gasteiger partial charge in [0.1, 0.15) is 12.3 Å². The molecule has 1 atom stereocenters. The summed E-state index contributed by atoms with van der Waals surface area (Å²) in [4.78, 5) is 0. The third-order valence-corrected chi connectivity index (χ3v) is 1.91. The number of aryl methyl sites for hydroxylation is 2. The quantitative estimate of drug-likeness (QED) is 0.755. The highest BCUT2D eigenvalue weighted by Gasteiger charge is 2.10. The second-order valence-electron chi connectivity index (χ2n) is 3.28. The van der Waals surface area contributed by atoms with E-state index in [4.69, 9.17) is 9.84 Å². The van der Waals surface area contributed by atoms with E-state index in [1.165, 1.54) is 0 Å². The number of ether oxygens (including phenoxy) is 1. The largest absolute Gasteiger partial charge is 0.487 e. The van der Waals surface area contributed by atoms with E-state index in [0.29, 0.717) is 6.61 Å². The first-order chi connectivity index (χ1) is 6.02. The predicted molar refractivity (Wildman–Crippen MR) is 49.9 cm³/mol. The lowest BCUT2D eigenvalue weighted by Gasteiger charge is -2.07. The fraction of sp³-hybridized carbons (Fsp3) is 0.667. The number of aromatic nitrogens is 2. The molecule has 1 N–H and O–H groups in total. The molecule has 1 rings (SSSR count). The molecule has 0 radical (unpaired) electrons. The van der Waals surface area contributed by atoms with Gasteiger partial charge in [-0.2, -0.15) is 5.10 Å². The molecule has 0 bridgehead atoms. The van der Waals surface area contributed by atoms with E-state index in [2.05, 4.69) is 5.10 Å². The summed E-state index contributed by atoms with van der Waals surface area (Å²) in [5.41, 5.74) is 1.85. The van der Waals surface area contributed by atoms with Gasteiger partial charge in [0.2, 0.25) is 0 Å². The zero-order chi connectivity index (χ0) is 10.0. The SMILES string of the molecule is Cc1nn(C)c(C)c1OC[C@H](C)O. The molecule has 0 saturated carbocycles. The molecular formula is C9H16N2O2. The fourth-order valence-corrected chi connectivity index (χ4v) is 1.17. The molecule has 4 nitrogen and oxygen atoms in total. The summed E-state index contributed by atoms with van der Waals surface area (Å²) in [6.07, 6.45) is -0.445. The molecule has 1 aromatic heterocycles. The third kappa shape index (κ3) is 2.21. The van der Waals surface area contributed by atoms with E-state index >= 15 is 0 Å². The summed E-state index contributed by atoms with van der Waals surface area (Å²) in [5.74, 6) is 0.781. The van der Waals surface area contributed by atoms with E-state index in [9.17, 15) is 0 Å². The van der Waals surface area contributed by atoms with Gasteiger partial charge in [-0.15, -0.1) is 0 Å². The molecule has 4 heteroatoms. The van der Waals surface area contributed by atoms with Crippen molar-refractivity contribution in [2.24, 2.45) is 7.05 Å². The maximum atomic E-state index is 9.05. The van der Waals surface area contributed by atoms with Crippen LogP contribution in [0.25, 0.3) is 0 Å². The normalized spacial score (nSPS) is 13.0. The average Bonchev–Trinajstić information content (AvgIpc) is 2.24. The van der Waals surface area contributed by atoms with E-state index < -0.39 is 6.10 Å². The van der Waals surface area contributed by atoms with E-state index in [1.807, 2.05) is 20.9 Å². The van der Waals surface area contributed by atoms with Gasteiger partial charge < -0.3 is 9.84 Å². The second kappa shape index (κ2) is 3.79. The van der Waals surface area contributed by atoms with Crippen LogP contribution in [-0.4, -0.2) is 27.6 Å². The third-order valence-electron chi connectivity index (χ3n) is 1.91. The molecule has 0 aromatic carbocycles. The van der Waals surface area contributed by atoms with Gasteiger partial charge in [-0.25, -0.2) is 0 Å². The van der Waals surface area contributed by atoms with Crippen molar-refractivity contribution in [3.05, 3.63) is 11.4 Å². The minimum atomic E-state index is -0.445. The summed E-state index contributed by atoms with van der Waals surface area (Å²) >= 11 is 0. The Labute approximate surface area is 78.1 Å². The van der Waals surface area contributed by atoms with E-state index in [-0.39, 0.29) is 0 Å². The van der Waals surface area contributed by atoms with Crippen LogP contribution in [0.2, 0.25) is 0 Å². The highest BCUT2D eigenvalue weighted by molar-refractivity contribution is 5.31. The van der Waals surface area contributed by atoms with Crippen molar-refractivity contribution in [2.45, 2.75) is 26.9 Å². The van der Waals surface area contributed by atoms with Gasteiger partial charge in [-0.3, -0.25) is 4.68 Å². The first-order valence-corrected chi connectivity index (χ1v) is 4.33. The van der Waals surface area contributed by atoms with Crippen molar-refractivity contribution in [2.75, 3.05) is 6.61 Å². The molecule has 13 heavy (non-hydrogen) atoms. The van der Waals surface area contributed by atoms with Crippen LogP contribution in [0.4, 0.5) is 0 Å². The Morgan fingerprint density at radius 3 is 2.54 bits per heavy atom. The van der Waals surface area contributed by atoms with Crippen LogP contribution in [0, 0.1) is 13.8 Å². The molecule has 1 heterocycles. The number of hydrogen-bond acceptors (Lipinski definition) is 3.